The summed E-state index contributed by atoms with van der Waals surface area (Å²) < 4.78 is 11.0. The SMILES string of the molecule is COc1ccc(-c2nnc(NC(=O)[C@H](C)Oc3ccccc3C(C)C)s2)cc1. The monoisotopic (exact) mass is 397 g/mol. The summed E-state index contributed by atoms with van der Waals surface area (Å²) in [5.74, 6) is 1.53. The van der Waals surface area contributed by atoms with Gasteiger partial charge in [-0.2, -0.15) is 0 Å². The van der Waals surface area contributed by atoms with Crippen molar-refractivity contribution in [1.29, 1.82) is 0 Å². The van der Waals surface area contributed by atoms with E-state index in [0.717, 1.165) is 27.6 Å². The van der Waals surface area contributed by atoms with Crippen LogP contribution in [0.25, 0.3) is 10.6 Å². The van der Waals surface area contributed by atoms with Crippen molar-refractivity contribution in [1.82, 2.24) is 10.2 Å². The van der Waals surface area contributed by atoms with E-state index in [0.29, 0.717) is 11.0 Å². The maximum atomic E-state index is 12.5. The molecule has 1 amide bonds. The van der Waals surface area contributed by atoms with E-state index < -0.39 is 6.10 Å². The molecule has 0 spiro atoms. The highest BCUT2D eigenvalue weighted by Crippen LogP contribution is 2.29. The Hall–Kier alpha value is -2.93. The largest absolute Gasteiger partial charge is 0.497 e. The molecule has 0 radical (unpaired) electrons. The molecule has 6 nitrogen and oxygen atoms in total. The molecule has 3 rings (SSSR count). The van der Waals surface area contributed by atoms with Gasteiger partial charge in [-0.3, -0.25) is 10.1 Å². The highest BCUT2D eigenvalue weighted by atomic mass is 32.1. The van der Waals surface area contributed by atoms with Gasteiger partial charge in [-0.15, -0.1) is 10.2 Å². The van der Waals surface area contributed by atoms with E-state index in [1.807, 2.05) is 48.5 Å². The molecule has 0 fully saturated rings. The van der Waals surface area contributed by atoms with Crippen molar-refractivity contribution in [2.24, 2.45) is 0 Å². The normalized spacial score (nSPS) is 11.9. The molecule has 1 atom stereocenters. The van der Waals surface area contributed by atoms with Crippen LogP contribution in [0.3, 0.4) is 0 Å². The minimum Gasteiger partial charge on any atom is -0.497 e. The van der Waals surface area contributed by atoms with Crippen molar-refractivity contribution in [3.8, 4) is 22.1 Å². The van der Waals surface area contributed by atoms with Crippen molar-refractivity contribution in [2.45, 2.75) is 32.8 Å². The van der Waals surface area contributed by atoms with E-state index in [4.69, 9.17) is 9.47 Å². The van der Waals surface area contributed by atoms with E-state index in [2.05, 4.69) is 29.4 Å². The molecule has 146 valence electrons. The summed E-state index contributed by atoms with van der Waals surface area (Å²) in [6.07, 6.45) is -0.659. The Morgan fingerprint density at radius 2 is 1.75 bits per heavy atom. The Morgan fingerprint density at radius 3 is 2.43 bits per heavy atom. The molecular formula is C21H23N3O3S. The summed E-state index contributed by atoms with van der Waals surface area (Å²) in [6.45, 7) is 5.90. The molecule has 0 aliphatic heterocycles. The van der Waals surface area contributed by atoms with Crippen molar-refractivity contribution in [3.63, 3.8) is 0 Å². The third-order valence-electron chi connectivity index (χ3n) is 4.21. The van der Waals surface area contributed by atoms with Gasteiger partial charge in [-0.1, -0.05) is 43.4 Å². The third kappa shape index (κ3) is 4.67. The Bertz CT molecular complexity index is 938. The molecule has 0 unspecified atom stereocenters. The molecule has 1 N–H and O–H groups in total. The van der Waals surface area contributed by atoms with Crippen LogP contribution in [0.5, 0.6) is 11.5 Å². The highest BCUT2D eigenvalue weighted by molar-refractivity contribution is 7.18. The lowest BCUT2D eigenvalue weighted by Gasteiger charge is -2.18. The molecule has 0 bridgehead atoms. The van der Waals surface area contributed by atoms with E-state index in [1.54, 1.807) is 14.0 Å². The first-order chi connectivity index (χ1) is 13.5. The summed E-state index contributed by atoms with van der Waals surface area (Å²) in [6, 6.07) is 15.3. The zero-order valence-corrected chi connectivity index (χ0v) is 17.1. The van der Waals surface area contributed by atoms with Gasteiger partial charge in [0, 0.05) is 5.56 Å². The Morgan fingerprint density at radius 1 is 1.04 bits per heavy atom. The number of methoxy groups -OCH3 is 1. The lowest BCUT2D eigenvalue weighted by Crippen LogP contribution is -2.30. The van der Waals surface area contributed by atoms with Gasteiger partial charge in [0.1, 0.15) is 16.5 Å². The number of ether oxygens (including phenoxy) is 2. The first-order valence-electron chi connectivity index (χ1n) is 9.02. The van der Waals surface area contributed by atoms with Gasteiger partial charge in [-0.05, 0) is 48.7 Å². The number of nitrogens with one attached hydrogen (secondary N) is 1. The van der Waals surface area contributed by atoms with Crippen LogP contribution in [0.15, 0.2) is 48.5 Å². The van der Waals surface area contributed by atoms with Crippen molar-refractivity contribution in [3.05, 3.63) is 54.1 Å². The number of carbonyl (C=O) groups is 1. The standard InChI is InChI=1S/C21H23N3O3S/c1-13(2)17-7-5-6-8-18(17)27-14(3)19(25)22-21-24-23-20(28-21)15-9-11-16(26-4)12-10-15/h5-14H,1-4H3,(H,22,24,25)/t14-/m0/s1. The van der Waals surface area contributed by atoms with E-state index in [9.17, 15) is 4.79 Å². The summed E-state index contributed by atoms with van der Waals surface area (Å²) in [7, 11) is 1.62. The average Bonchev–Trinajstić information content (AvgIpc) is 3.16. The maximum Gasteiger partial charge on any atom is 0.266 e. The third-order valence-corrected chi connectivity index (χ3v) is 5.09. The Balaban J connectivity index is 1.65. The summed E-state index contributed by atoms with van der Waals surface area (Å²) >= 11 is 1.31. The number of para-hydroxylation sites is 1. The quantitative estimate of drug-likeness (QED) is 0.623. The number of hydrogen-bond acceptors (Lipinski definition) is 6. The van der Waals surface area contributed by atoms with E-state index in [1.165, 1.54) is 11.3 Å². The first-order valence-corrected chi connectivity index (χ1v) is 9.84. The van der Waals surface area contributed by atoms with Crippen molar-refractivity contribution >= 4 is 22.4 Å². The molecule has 28 heavy (non-hydrogen) atoms. The summed E-state index contributed by atoms with van der Waals surface area (Å²) in [5, 5.41) is 12.1. The molecule has 7 heteroatoms. The van der Waals surface area contributed by atoms with Gasteiger partial charge in [-0.25, -0.2) is 0 Å². The molecule has 0 saturated heterocycles. The zero-order valence-electron chi connectivity index (χ0n) is 16.3. The number of benzene rings is 2. The molecule has 0 aliphatic rings. The van der Waals surface area contributed by atoms with Crippen LogP contribution in [0.4, 0.5) is 5.13 Å². The first kappa shape index (κ1) is 19.8. The topological polar surface area (TPSA) is 73.3 Å². The molecule has 2 aromatic carbocycles. The van der Waals surface area contributed by atoms with Crippen LogP contribution in [0.1, 0.15) is 32.3 Å². The van der Waals surface area contributed by atoms with Crippen molar-refractivity contribution < 1.29 is 14.3 Å². The molecule has 0 saturated carbocycles. The van der Waals surface area contributed by atoms with Crippen LogP contribution >= 0.6 is 11.3 Å². The Labute approximate surface area is 168 Å². The smallest absolute Gasteiger partial charge is 0.266 e. The zero-order chi connectivity index (χ0) is 20.1. The fourth-order valence-corrected chi connectivity index (χ4v) is 3.39. The summed E-state index contributed by atoms with van der Waals surface area (Å²) in [5.41, 5.74) is 1.98. The predicted octanol–water partition coefficient (Wildman–Crippen LogP) is 4.74. The fraction of sp³-hybridized carbons (Fsp3) is 0.286. The number of carbonyl (C=O) groups excluding carboxylic acids is 1. The lowest BCUT2D eigenvalue weighted by molar-refractivity contribution is -0.122. The van der Waals surface area contributed by atoms with Gasteiger partial charge in [0.05, 0.1) is 7.11 Å². The van der Waals surface area contributed by atoms with Crippen molar-refractivity contribution in [2.75, 3.05) is 12.4 Å². The van der Waals surface area contributed by atoms with E-state index >= 15 is 0 Å². The van der Waals surface area contributed by atoms with Crippen LogP contribution in [0, 0.1) is 0 Å². The minimum atomic E-state index is -0.659. The Kier molecular flexibility index (Phi) is 6.26. The van der Waals surface area contributed by atoms with Crippen LogP contribution in [-0.2, 0) is 4.79 Å². The van der Waals surface area contributed by atoms with Crippen LogP contribution < -0.4 is 14.8 Å². The number of anilines is 1. The molecule has 3 aromatic rings. The van der Waals surface area contributed by atoms with Gasteiger partial charge >= 0.3 is 0 Å². The second-order valence-corrected chi connectivity index (χ2v) is 7.56. The van der Waals surface area contributed by atoms with Gasteiger partial charge in [0.15, 0.2) is 6.10 Å². The molecular weight excluding hydrogens is 374 g/mol. The van der Waals surface area contributed by atoms with Crippen LogP contribution in [0.2, 0.25) is 0 Å². The maximum absolute atomic E-state index is 12.5. The van der Waals surface area contributed by atoms with Gasteiger partial charge in [0.25, 0.3) is 5.91 Å². The second-order valence-electron chi connectivity index (χ2n) is 6.58. The number of nitrogens with zero attached hydrogens (tertiary/aromatic N) is 2. The molecule has 1 heterocycles. The number of rotatable bonds is 7. The highest BCUT2D eigenvalue weighted by Gasteiger charge is 2.19. The second kappa shape index (κ2) is 8.84. The molecule has 0 aliphatic carbocycles. The minimum absolute atomic E-state index is 0.268. The fourth-order valence-electron chi connectivity index (χ4n) is 2.64. The van der Waals surface area contributed by atoms with Crippen LogP contribution in [-0.4, -0.2) is 29.3 Å². The number of hydrogen-bond donors (Lipinski definition) is 1. The molecule has 1 aromatic heterocycles. The predicted molar refractivity (Wildman–Crippen MR) is 111 cm³/mol. The number of amides is 1. The van der Waals surface area contributed by atoms with Gasteiger partial charge < -0.3 is 9.47 Å². The summed E-state index contributed by atoms with van der Waals surface area (Å²) in [4.78, 5) is 12.5. The van der Waals surface area contributed by atoms with E-state index in [-0.39, 0.29) is 5.91 Å². The average molecular weight is 398 g/mol. The number of aromatic nitrogens is 2. The van der Waals surface area contributed by atoms with Gasteiger partial charge in [0.2, 0.25) is 5.13 Å². The lowest BCUT2D eigenvalue weighted by atomic mass is 10.0.